The number of aliphatic hydroxyl groups excluding tert-OH is 1. The lowest BCUT2D eigenvalue weighted by Gasteiger charge is -2.70. The Morgan fingerprint density at radius 3 is 2.30 bits per heavy atom. The van der Waals surface area contributed by atoms with Gasteiger partial charge in [-0.25, -0.2) is 0 Å². The maximum Gasteiger partial charge on any atom is 0.296 e. The number of aliphatic hydroxyl groups is 1. The van der Waals surface area contributed by atoms with Crippen LogP contribution in [-0.2, 0) is 14.3 Å². The van der Waals surface area contributed by atoms with Crippen molar-refractivity contribution in [1.29, 1.82) is 0 Å². The second-order valence-corrected chi connectivity index (χ2v) is 8.14. The number of hydrogen-bond donors (Lipinski definition) is 1. The summed E-state index contributed by atoms with van der Waals surface area (Å²) >= 11 is 0. The van der Waals surface area contributed by atoms with Crippen molar-refractivity contribution in [1.82, 2.24) is 0 Å². The van der Waals surface area contributed by atoms with Gasteiger partial charge in [-0.05, 0) is 55.6 Å². The van der Waals surface area contributed by atoms with Gasteiger partial charge in [-0.2, -0.15) is 8.42 Å². The molecular weight excluding hydrogens is 276 g/mol. The zero-order chi connectivity index (χ0) is 14.4. The molecular formula is C15H20O4S. The summed E-state index contributed by atoms with van der Waals surface area (Å²) in [5.74, 6) is 0. The maximum absolute atomic E-state index is 12.0. The molecule has 3 fully saturated rings. The van der Waals surface area contributed by atoms with E-state index in [9.17, 15) is 13.5 Å². The Kier molecular flexibility index (Phi) is 3.19. The van der Waals surface area contributed by atoms with Crippen LogP contribution in [0, 0.1) is 17.8 Å². The third-order valence-electron chi connectivity index (χ3n) is 4.77. The van der Waals surface area contributed by atoms with Gasteiger partial charge in [0.25, 0.3) is 10.1 Å². The van der Waals surface area contributed by atoms with Crippen LogP contribution >= 0.6 is 0 Å². The lowest BCUT2D eigenvalue weighted by atomic mass is 9.34. The molecule has 3 saturated carbocycles. The minimum atomic E-state index is -3.64. The van der Waals surface area contributed by atoms with Crippen LogP contribution in [0.25, 0.3) is 0 Å². The Morgan fingerprint density at radius 2 is 1.75 bits per heavy atom. The van der Waals surface area contributed by atoms with E-state index in [1.165, 1.54) is 0 Å². The molecule has 0 atom stereocenters. The molecule has 0 saturated heterocycles. The number of benzene rings is 1. The summed E-state index contributed by atoms with van der Waals surface area (Å²) in [5, 5.41) is 9.20. The van der Waals surface area contributed by atoms with E-state index in [0.29, 0.717) is 0 Å². The Hall–Kier alpha value is -0.910. The second-order valence-electron chi connectivity index (χ2n) is 6.53. The fourth-order valence-corrected chi connectivity index (χ4v) is 4.71. The van der Waals surface area contributed by atoms with Crippen LogP contribution in [-0.4, -0.2) is 26.7 Å². The van der Waals surface area contributed by atoms with Gasteiger partial charge in [0.1, 0.15) is 0 Å². The molecule has 0 radical (unpaired) electrons. The van der Waals surface area contributed by atoms with Gasteiger partial charge >= 0.3 is 0 Å². The molecule has 20 heavy (non-hydrogen) atoms. The van der Waals surface area contributed by atoms with Crippen LogP contribution in [0.1, 0.15) is 31.2 Å². The molecule has 0 amide bonds. The van der Waals surface area contributed by atoms with Crippen molar-refractivity contribution in [2.45, 2.75) is 37.5 Å². The first kappa shape index (κ1) is 14.0. The zero-order valence-electron chi connectivity index (χ0n) is 11.6. The van der Waals surface area contributed by atoms with Crippen LogP contribution < -0.4 is 0 Å². The average Bonchev–Trinajstić information content (AvgIpc) is 2.31. The third kappa shape index (κ3) is 2.28. The average molecular weight is 296 g/mol. The molecule has 2 bridgehead atoms. The SMILES string of the molecule is Cc1ccc(S(=O)(=O)OCCC23CC(CO)(C2)C3)cc1. The van der Waals surface area contributed by atoms with Crippen LogP contribution in [0.2, 0.25) is 0 Å². The first-order valence-corrected chi connectivity index (χ1v) is 8.37. The second kappa shape index (κ2) is 4.55. The molecule has 0 spiro atoms. The number of aryl methyl sites for hydroxylation is 1. The predicted octanol–water partition coefficient (Wildman–Crippen LogP) is 2.25. The molecule has 1 N–H and O–H groups in total. The normalized spacial score (nSPS) is 31.5. The number of hydrogen-bond acceptors (Lipinski definition) is 4. The highest BCUT2D eigenvalue weighted by molar-refractivity contribution is 7.86. The standard InChI is InChI=1S/C15H20O4S/c1-12-2-4-13(5-3-12)20(17,18)19-7-6-14-8-15(9-14,10-14)11-16/h2-5,16H,6-11H2,1H3. The molecule has 0 aromatic heterocycles. The Bertz CT molecular complexity index is 583. The Labute approximate surface area is 119 Å². The van der Waals surface area contributed by atoms with Gasteiger partial charge in [0, 0.05) is 6.61 Å². The summed E-state index contributed by atoms with van der Waals surface area (Å²) in [6.07, 6.45) is 3.82. The Morgan fingerprint density at radius 1 is 1.15 bits per heavy atom. The third-order valence-corrected chi connectivity index (χ3v) is 6.09. The summed E-state index contributed by atoms with van der Waals surface area (Å²) in [4.78, 5) is 0.215. The maximum atomic E-state index is 12.0. The van der Waals surface area contributed by atoms with Crippen molar-refractivity contribution >= 4 is 10.1 Å². The summed E-state index contributed by atoms with van der Waals surface area (Å²) in [6.45, 7) is 2.41. The number of rotatable bonds is 6. The van der Waals surface area contributed by atoms with E-state index in [0.717, 1.165) is 31.2 Å². The van der Waals surface area contributed by atoms with E-state index >= 15 is 0 Å². The van der Waals surface area contributed by atoms with E-state index in [2.05, 4.69) is 0 Å². The smallest absolute Gasteiger partial charge is 0.296 e. The molecule has 3 aliphatic rings. The first-order valence-electron chi connectivity index (χ1n) is 6.96. The van der Waals surface area contributed by atoms with Crippen molar-refractivity contribution in [3.8, 4) is 0 Å². The molecule has 0 heterocycles. The molecule has 3 aliphatic carbocycles. The highest BCUT2D eigenvalue weighted by Crippen LogP contribution is 2.74. The van der Waals surface area contributed by atoms with Crippen molar-refractivity contribution in [2.24, 2.45) is 10.8 Å². The van der Waals surface area contributed by atoms with E-state index in [-0.39, 0.29) is 28.9 Å². The zero-order valence-corrected chi connectivity index (χ0v) is 12.4. The van der Waals surface area contributed by atoms with Crippen LogP contribution in [0.5, 0.6) is 0 Å². The predicted molar refractivity (Wildman–Crippen MR) is 74.7 cm³/mol. The van der Waals surface area contributed by atoms with Crippen LogP contribution in [0.15, 0.2) is 29.2 Å². The van der Waals surface area contributed by atoms with Crippen molar-refractivity contribution in [2.75, 3.05) is 13.2 Å². The minimum absolute atomic E-state index is 0.163. The van der Waals surface area contributed by atoms with Gasteiger partial charge in [0.05, 0.1) is 11.5 Å². The summed E-state index contributed by atoms with van der Waals surface area (Å²) < 4.78 is 29.1. The van der Waals surface area contributed by atoms with E-state index in [4.69, 9.17) is 4.18 Å². The molecule has 110 valence electrons. The lowest BCUT2D eigenvalue weighted by Crippen LogP contribution is -2.63. The van der Waals surface area contributed by atoms with Gasteiger partial charge in [-0.3, -0.25) is 4.18 Å². The van der Waals surface area contributed by atoms with Crippen LogP contribution in [0.3, 0.4) is 0 Å². The fourth-order valence-electron chi connectivity index (χ4n) is 3.80. The summed E-state index contributed by atoms with van der Waals surface area (Å²) in [5.41, 5.74) is 1.42. The lowest BCUT2D eigenvalue weighted by molar-refractivity contribution is -0.228. The first-order chi connectivity index (χ1) is 9.39. The van der Waals surface area contributed by atoms with Crippen LogP contribution in [0.4, 0.5) is 0 Å². The van der Waals surface area contributed by atoms with Gasteiger partial charge in [0.2, 0.25) is 0 Å². The van der Waals surface area contributed by atoms with Crippen molar-refractivity contribution in [3.63, 3.8) is 0 Å². The molecule has 4 rings (SSSR count). The van der Waals surface area contributed by atoms with Gasteiger partial charge < -0.3 is 5.11 Å². The minimum Gasteiger partial charge on any atom is -0.396 e. The van der Waals surface area contributed by atoms with E-state index < -0.39 is 10.1 Å². The summed E-state index contributed by atoms with van der Waals surface area (Å²) in [7, 11) is -3.64. The molecule has 1 aromatic rings. The monoisotopic (exact) mass is 296 g/mol. The van der Waals surface area contributed by atoms with E-state index in [1.54, 1.807) is 24.3 Å². The van der Waals surface area contributed by atoms with Gasteiger partial charge in [0.15, 0.2) is 0 Å². The van der Waals surface area contributed by atoms with E-state index in [1.807, 2.05) is 6.92 Å². The molecule has 0 unspecified atom stereocenters. The molecule has 4 nitrogen and oxygen atoms in total. The van der Waals surface area contributed by atoms with Gasteiger partial charge in [-0.1, -0.05) is 17.7 Å². The van der Waals surface area contributed by atoms with Gasteiger partial charge in [-0.15, -0.1) is 0 Å². The molecule has 5 heteroatoms. The topological polar surface area (TPSA) is 63.6 Å². The van der Waals surface area contributed by atoms with Crippen molar-refractivity contribution in [3.05, 3.63) is 29.8 Å². The molecule has 1 aromatic carbocycles. The summed E-state index contributed by atoms with van der Waals surface area (Å²) in [6, 6.07) is 6.68. The quantitative estimate of drug-likeness (QED) is 0.818. The molecule has 0 aliphatic heterocycles. The largest absolute Gasteiger partial charge is 0.396 e. The fraction of sp³-hybridized carbons (Fsp3) is 0.600. The highest BCUT2D eigenvalue weighted by Gasteiger charge is 2.66. The highest BCUT2D eigenvalue weighted by atomic mass is 32.2. The Balaban J connectivity index is 1.52. The van der Waals surface area contributed by atoms with Crippen molar-refractivity contribution < 1.29 is 17.7 Å².